The first-order valence-electron chi connectivity index (χ1n) is 7.86. The Hall–Kier alpha value is -3.01. The molecular weight excluding hydrogens is 719 g/mol. The van der Waals surface area contributed by atoms with Gasteiger partial charge in [-0.3, -0.25) is 0 Å². The summed E-state index contributed by atoms with van der Waals surface area (Å²) in [4.78, 5) is 58.9. The molecule has 0 N–H and O–H groups in total. The van der Waals surface area contributed by atoms with E-state index in [4.69, 9.17) is 0 Å². The third-order valence-corrected chi connectivity index (χ3v) is 2.46. The van der Waals surface area contributed by atoms with Crippen LogP contribution in [0.5, 0.6) is 0 Å². The molecule has 6 nitrogen and oxygen atoms in total. The Balaban J connectivity index is -0.000000240. The Morgan fingerprint density at radius 3 is 0.400 bits per heavy atom. The summed E-state index contributed by atoms with van der Waals surface area (Å²) in [5, 5.41) is 0. The summed E-state index contributed by atoms with van der Waals surface area (Å²) in [6.45, 7) is 0. The number of halogens is 18. The summed E-state index contributed by atoms with van der Waals surface area (Å²) < 4.78 is 203. The molecule has 0 fully saturated rings. The van der Waals surface area contributed by atoms with E-state index < -0.39 is 91.0 Å². The summed E-state index contributed by atoms with van der Waals surface area (Å²) in [6.07, 6.45) is -35.8. The second-order valence-corrected chi connectivity index (χ2v) is 5.61. The van der Waals surface area contributed by atoms with Crippen molar-refractivity contribution in [3.05, 3.63) is 19.3 Å². The van der Waals surface area contributed by atoms with E-state index >= 15 is 0 Å². The Labute approximate surface area is 219 Å². The van der Waals surface area contributed by atoms with Crippen LogP contribution in [0, 0.1) is 19.3 Å². The van der Waals surface area contributed by atoms with Gasteiger partial charge in [-0.15, -0.1) is 0 Å². The largest absolute Gasteiger partial charge is 3.00 e. The van der Waals surface area contributed by atoms with Gasteiger partial charge < -0.3 is 28.8 Å². The number of carbonyl (C=O) groups is 6. The third-order valence-electron chi connectivity index (χ3n) is 2.46. The summed E-state index contributed by atoms with van der Waals surface area (Å²) in [7, 11) is 0. The molecule has 0 atom stereocenters. The number of carbonyl (C=O) groups excluding carboxylic acids is 6. The smallest absolute Gasteiger partial charge is 0.324 e. The van der Waals surface area contributed by atoms with Crippen LogP contribution in [0.25, 0.3) is 0 Å². The van der Waals surface area contributed by atoms with Crippen molar-refractivity contribution in [3.63, 3.8) is 0 Å². The van der Waals surface area contributed by atoms with Gasteiger partial charge in [-0.2, -0.15) is 79.0 Å². The normalized spacial score (nSPS) is 12.2. The average molecular weight is 722 g/mol. The van der Waals surface area contributed by atoms with E-state index in [1.54, 1.807) is 0 Å². The van der Waals surface area contributed by atoms with E-state index in [0.29, 0.717) is 0 Å². The number of rotatable bonds is 6. The minimum Gasteiger partial charge on any atom is -0.324 e. The average Bonchev–Trinajstić information content (AvgIpc) is 2.64. The molecule has 0 heterocycles. The van der Waals surface area contributed by atoms with Crippen molar-refractivity contribution in [1.82, 2.24) is 0 Å². The topological polar surface area (TPSA) is 102 Å². The Kier molecular flexibility index (Phi) is 16.6. The zero-order valence-electron chi connectivity index (χ0n) is 17.3. The van der Waals surface area contributed by atoms with Gasteiger partial charge in [-0.25, -0.2) is 19.3 Å². The quantitative estimate of drug-likeness (QED) is 0.175. The molecule has 0 amide bonds. The van der Waals surface area contributed by atoms with Crippen LogP contribution in [-0.4, -0.2) is 71.8 Å². The van der Waals surface area contributed by atoms with Crippen LogP contribution in [0.15, 0.2) is 0 Å². The summed E-state index contributed by atoms with van der Waals surface area (Å²) in [5.74, 6) is -16.9. The van der Waals surface area contributed by atoms with Gasteiger partial charge in [-0.05, 0) is 0 Å². The van der Waals surface area contributed by atoms with Crippen LogP contribution in [0.4, 0.5) is 79.0 Å². The fraction of sp³-hybridized carbons (Fsp3) is 0.400. The molecule has 0 aliphatic rings. The molecule has 0 aromatic rings. The molecule has 0 saturated carbocycles. The first-order valence-corrected chi connectivity index (χ1v) is 7.86. The zero-order chi connectivity index (χ0) is 32.6. The molecule has 0 bridgehead atoms. The molecule has 0 aliphatic heterocycles. The van der Waals surface area contributed by atoms with Crippen molar-refractivity contribution >= 4 is 34.7 Å². The first kappa shape index (κ1) is 44.0. The van der Waals surface area contributed by atoms with Gasteiger partial charge in [0.05, 0.1) is 0 Å². The van der Waals surface area contributed by atoms with Crippen LogP contribution in [0.3, 0.4) is 0 Å². The molecule has 0 rings (SSSR count). The van der Waals surface area contributed by atoms with E-state index in [-0.39, 0.29) is 19.5 Å². The number of Topliss-reactive ketones (excluding diaryl/α,β-unsaturated/α-hetero) is 6. The van der Waals surface area contributed by atoms with Crippen LogP contribution < -0.4 is 0 Å². The van der Waals surface area contributed by atoms with Gasteiger partial charge in [0, 0.05) is 0 Å². The minimum absolute atomic E-state index is 0. The molecule has 0 aliphatic carbocycles. The molecule has 0 aromatic carbocycles. The SMILES string of the molecule is O=C([CH-]C(=O)C(F)(F)F)C(F)(F)F.O=C([CH-]C(=O)C(F)(F)F)C(F)(F)F.O=C([CH-]C(=O)C(F)(F)F)C(F)(F)F.[Ru+3]. The zero-order valence-corrected chi connectivity index (χ0v) is 19.1. The van der Waals surface area contributed by atoms with Crippen molar-refractivity contribution in [2.24, 2.45) is 0 Å². The predicted molar refractivity (Wildman–Crippen MR) is 79.3 cm³/mol. The number of hydrogen-bond acceptors (Lipinski definition) is 6. The van der Waals surface area contributed by atoms with Crippen molar-refractivity contribution in [2.75, 3.05) is 0 Å². The van der Waals surface area contributed by atoms with Crippen LogP contribution in [-0.2, 0) is 48.2 Å². The van der Waals surface area contributed by atoms with E-state index in [1.807, 2.05) is 0 Å². The first-order chi connectivity index (χ1) is 16.6. The second-order valence-electron chi connectivity index (χ2n) is 5.61. The maximum atomic E-state index is 11.3. The standard InChI is InChI=1S/3C5HF6O2.Ru/c3*6-4(7,8)2(12)1-3(13)5(9,10)11;/h3*1H;/q3*-1;+3. The van der Waals surface area contributed by atoms with Gasteiger partial charge in [0.15, 0.2) is 0 Å². The van der Waals surface area contributed by atoms with E-state index in [1.165, 1.54) is 0 Å². The van der Waals surface area contributed by atoms with Crippen LogP contribution >= 0.6 is 0 Å². The second kappa shape index (κ2) is 15.1. The number of alkyl halides is 18. The van der Waals surface area contributed by atoms with E-state index in [0.717, 1.165) is 0 Å². The third kappa shape index (κ3) is 20.0. The maximum absolute atomic E-state index is 11.3. The molecule has 0 unspecified atom stereocenters. The van der Waals surface area contributed by atoms with Crippen LogP contribution in [0.2, 0.25) is 0 Å². The molecule has 233 valence electrons. The van der Waals surface area contributed by atoms with Gasteiger partial charge in [-0.1, -0.05) is 0 Å². The van der Waals surface area contributed by atoms with Gasteiger partial charge in [0.1, 0.15) is 34.7 Å². The van der Waals surface area contributed by atoms with Crippen molar-refractivity contribution in [3.8, 4) is 0 Å². The number of hydrogen-bond donors (Lipinski definition) is 0. The van der Waals surface area contributed by atoms with Crippen molar-refractivity contribution in [2.45, 2.75) is 37.1 Å². The fourth-order valence-corrected chi connectivity index (χ4v) is 0.848. The van der Waals surface area contributed by atoms with E-state index in [2.05, 4.69) is 0 Å². The predicted octanol–water partition coefficient (Wildman–Crippen LogP) is 4.36. The van der Waals surface area contributed by atoms with Crippen molar-refractivity contribution in [1.29, 1.82) is 0 Å². The van der Waals surface area contributed by atoms with Crippen molar-refractivity contribution < 1.29 is 127 Å². The molecule has 40 heavy (non-hydrogen) atoms. The molecular formula is C15H3F18O6Ru. The fourth-order valence-electron chi connectivity index (χ4n) is 0.848. The molecule has 25 heteroatoms. The summed E-state index contributed by atoms with van der Waals surface area (Å²) in [5.41, 5.74) is 0. The molecule has 0 spiro atoms. The summed E-state index contributed by atoms with van der Waals surface area (Å²) >= 11 is 0. The maximum Gasteiger partial charge on any atom is 3.00 e. The van der Waals surface area contributed by atoms with Gasteiger partial charge in [0.25, 0.3) is 0 Å². The Morgan fingerprint density at radius 1 is 0.275 bits per heavy atom. The molecule has 1 radical (unpaired) electrons. The number of ketones is 6. The van der Waals surface area contributed by atoms with Gasteiger partial charge >= 0.3 is 56.5 Å². The summed E-state index contributed by atoms with van der Waals surface area (Å²) in [6, 6.07) is 0. The Morgan fingerprint density at radius 2 is 0.350 bits per heavy atom. The monoisotopic (exact) mass is 723 g/mol. The minimum atomic E-state index is -5.46. The van der Waals surface area contributed by atoms with Crippen LogP contribution in [0.1, 0.15) is 0 Å². The van der Waals surface area contributed by atoms with E-state index in [9.17, 15) is 108 Å². The molecule has 0 aromatic heterocycles. The Bertz CT molecular complexity index is 726. The van der Waals surface area contributed by atoms with Gasteiger partial charge in [0.2, 0.25) is 0 Å². The molecule has 0 saturated heterocycles.